The molecule has 180 valence electrons. The molecule has 0 aliphatic rings. The van der Waals surface area contributed by atoms with Crippen molar-refractivity contribution in [3.63, 3.8) is 0 Å². The largest absolute Gasteiger partial charge is 0.347 e. The number of hydrogen-bond donors (Lipinski definition) is 1. The van der Waals surface area contributed by atoms with Crippen LogP contribution in [0.25, 0.3) is 22.5 Å². The molecule has 0 fully saturated rings. The highest BCUT2D eigenvalue weighted by Crippen LogP contribution is 2.31. The Labute approximate surface area is 204 Å². The standard InChI is InChI=1S/C26H29N7O2/c1-5-7-17-33-23(27-25(30-33)26(34-3,35-4)16-6-2)18-19-12-14-20(15-13-19)21-10-8-9-11-22(21)24-28-31-32-29-24/h8-15H,6,16-18H2,1-4H3,(H,28,29,31,32). The Balaban J connectivity index is 1.64. The van der Waals surface area contributed by atoms with Gasteiger partial charge in [-0.2, -0.15) is 5.21 Å². The molecule has 0 aliphatic heterocycles. The van der Waals surface area contributed by atoms with Gasteiger partial charge in [-0.15, -0.1) is 21.2 Å². The molecule has 2 heterocycles. The molecule has 4 aromatic rings. The number of tetrazole rings is 1. The van der Waals surface area contributed by atoms with E-state index in [0.29, 0.717) is 31.0 Å². The Kier molecular flexibility index (Phi) is 7.65. The molecule has 9 nitrogen and oxygen atoms in total. The zero-order valence-electron chi connectivity index (χ0n) is 20.4. The van der Waals surface area contributed by atoms with E-state index >= 15 is 0 Å². The maximum atomic E-state index is 5.73. The van der Waals surface area contributed by atoms with Gasteiger partial charge >= 0.3 is 0 Å². The number of rotatable bonds is 10. The van der Waals surface area contributed by atoms with Gasteiger partial charge in [0.2, 0.25) is 17.4 Å². The van der Waals surface area contributed by atoms with Crippen molar-refractivity contribution in [2.75, 3.05) is 14.2 Å². The van der Waals surface area contributed by atoms with Gasteiger partial charge in [-0.05, 0) is 28.8 Å². The summed E-state index contributed by atoms with van der Waals surface area (Å²) in [6, 6.07) is 16.4. The molecule has 35 heavy (non-hydrogen) atoms. The van der Waals surface area contributed by atoms with Crippen molar-refractivity contribution in [2.24, 2.45) is 0 Å². The Morgan fingerprint density at radius 1 is 1.03 bits per heavy atom. The molecule has 2 aromatic heterocycles. The quantitative estimate of drug-likeness (QED) is 0.276. The Morgan fingerprint density at radius 3 is 2.40 bits per heavy atom. The van der Waals surface area contributed by atoms with Crippen LogP contribution in [0.2, 0.25) is 0 Å². The fourth-order valence-corrected chi connectivity index (χ4v) is 4.05. The molecule has 0 atom stereocenters. The van der Waals surface area contributed by atoms with E-state index in [2.05, 4.69) is 69.7 Å². The van der Waals surface area contributed by atoms with Crippen LogP contribution in [0.15, 0.2) is 48.5 Å². The van der Waals surface area contributed by atoms with Gasteiger partial charge in [-0.25, -0.2) is 9.67 Å². The van der Waals surface area contributed by atoms with E-state index in [1.54, 1.807) is 14.2 Å². The lowest BCUT2D eigenvalue weighted by atomic mass is 9.98. The second-order valence-corrected chi connectivity index (χ2v) is 8.00. The summed E-state index contributed by atoms with van der Waals surface area (Å²) in [6.07, 6.45) is 2.12. The Morgan fingerprint density at radius 2 is 1.77 bits per heavy atom. The topological polar surface area (TPSA) is 104 Å². The van der Waals surface area contributed by atoms with Crippen LogP contribution < -0.4 is 0 Å². The molecular weight excluding hydrogens is 442 g/mol. The number of H-pyrrole nitrogens is 1. The number of ether oxygens (including phenoxy) is 2. The summed E-state index contributed by atoms with van der Waals surface area (Å²) < 4.78 is 13.3. The summed E-state index contributed by atoms with van der Waals surface area (Å²) in [5, 5.41) is 19.2. The summed E-state index contributed by atoms with van der Waals surface area (Å²) >= 11 is 0. The average Bonchev–Trinajstić information content (AvgIpc) is 3.57. The predicted octanol–water partition coefficient (Wildman–Crippen LogP) is 3.99. The summed E-state index contributed by atoms with van der Waals surface area (Å²) in [7, 11) is 3.24. The first kappa shape index (κ1) is 24.3. The Bertz CT molecular complexity index is 1300. The average molecular weight is 472 g/mol. The van der Waals surface area contributed by atoms with Crippen molar-refractivity contribution in [1.82, 2.24) is 35.4 Å². The van der Waals surface area contributed by atoms with Crippen LogP contribution in [0.4, 0.5) is 0 Å². The monoisotopic (exact) mass is 471 g/mol. The second kappa shape index (κ2) is 11.0. The molecule has 0 spiro atoms. The van der Waals surface area contributed by atoms with E-state index in [1.807, 2.05) is 29.8 Å². The van der Waals surface area contributed by atoms with Crippen LogP contribution in [0.3, 0.4) is 0 Å². The SMILES string of the molecule is CC#CCn1nc(C(CCC)(OC)OC)nc1Cc1ccc(-c2ccccc2-c2nn[nH]n2)cc1. The second-order valence-electron chi connectivity index (χ2n) is 8.00. The predicted molar refractivity (Wildman–Crippen MR) is 132 cm³/mol. The summed E-state index contributed by atoms with van der Waals surface area (Å²) in [4.78, 5) is 4.83. The van der Waals surface area contributed by atoms with Crippen molar-refractivity contribution in [3.8, 4) is 34.4 Å². The van der Waals surface area contributed by atoms with Crippen molar-refractivity contribution in [2.45, 2.75) is 45.4 Å². The third-order valence-corrected chi connectivity index (χ3v) is 5.87. The lowest BCUT2D eigenvalue weighted by Crippen LogP contribution is -2.32. The maximum absolute atomic E-state index is 5.73. The smallest absolute Gasteiger partial charge is 0.231 e. The first-order valence-corrected chi connectivity index (χ1v) is 11.5. The van der Waals surface area contributed by atoms with Crippen LogP contribution in [0, 0.1) is 11.8 Å². The molecule has 0 amide bonds. The number of nitrogens with one attached hydrogen (secondary N) is 1. The van der Waals surface area contributed by atoms with Crippen LogP contribution in [0.1, 0.15) is 43.9 Å². The molecule has 0 unspecified atom stereocenters. The minimum absolute atomic E-state index is 0.449. The van der Waals surface area contributed by atoms with Crippen LogP contribution in [-0.4, -0.2) is 49.6 Å². The van der Waals surface area contributed by atoms with Gasteiger partial charge < -0.3 is 9.47 Å². The van der Waals surface area contributed by atoms with E-state index in [9.17, 15) is 0 Å². The zero-order chi connectivity index (χ0) is 24.7. The number of aromatic nitrogens is 7. The molecule has 0 aliphatic carbocycles. The third-order valence-electron chi connectivity index (χ3n) is 5.87. The number of hydrogen-bond acceptors (Lipinski definition) is 7. The van der Waals surface area contributed by atoms with Gasteiger partial charge in [0, 0.05) is 32.6 Å². The zero-order valence-corrected chi connectivity index (χ0v) is 20.4. The van der Waals surface area contributed by atoms with Crippen molar-refractivity contribution in [3.05, 3.63) is 65.7 Å². The minimum Gasteiger partial charge on any atom is -0.347 e. The van der Waals surface area contributed by atoms with Gasteiger partial charge in [0.1, 0.15) is 12.4 Å². The highest BCUT2D eigenvalue weighted by Gasteiger charge is 2.36. The van der Waals surface area contributed by atoms with E-state index < -0.39 is 5.79 Å². The van der Waals surface area contributed by atoms with Gasteiger partial charge in [0.05, 0.1) is 0 Å². The number of nitrogens with zero attached hydrogens (tertiary/aromatic N) is 6. The molecule has 0 saturated heterocycles. The van der Waals surface area contributed by atoms with E-state index in [4.69, 9.17) is 19.6 Å². The van der Waals surface area contributed by atoms with Crippen LogP contribution >= 0.6 is 0 Å². The van der Waals surface area contributed by atoms with Gasteiger partial charge in [0.15, 0.2) is 0 Å². The highest BCUT2D eigenvalue weighted by molar-refractivity contribution is 5.80. The van der Waals surface area contributed by atoms with Crippen molar-refractivity contribution >= 4 is 0 Å². The molecule has 2 aromatic carbocycles. The first-order chi connectivity index (χ1) is 17.1. The summed E-state index contributed by atoms with van der Waals surface area (Å²) in [6.45, 7) is 4.34. The maximum Gasteiger partial charge on any atom is 0.231 e. The van der Waals surface area contributed by atoms with E-state index in [0.717, 1.165) is 34.5 Å². The fourth-order valence-electron chi connectivity index (χ4n) is 4.05. The Hall–Kier alpha value is -3.87. The number of benzene rings is 2. The third kappa shape index (κ3) is 5.14. The lowest BCUT2D eigenvalue weighted by molar-refractivity contribution is -0.225. The molecular formula is C26H29N7O2. The molecule has 0 radical (unpaired) electrons. The highest BCUT2D eigenvalue weighted by atomic mass is 16.7. The summed E-state index contributed by atoms with van der Waals surface area (Å²) in [5.74, 6) is 6.92. The van der Waals surface area contributed by atoms with Crippen LogP contribution in [-0.2, 0) is 28.2 Å². The molecule has 0 bridgehead atoms. The number of methoxy groups -OCH3 is 2. The van der Waals surface area contributed by atoms with Gasteiger partial charge in [-0.1, -0.05) is 67.8 Å². The normalized spacial score (nSPS) is 11.3. The lowest BCUT2D eigenvalue weighted by Gasteiger charge is -2.27. The van der Waals surface area contributed by atoms with E-state index in [-0.39, 0.29) is 0 Å². The van der Waals surface area contributed by atoms with E-state index in [1.165, 1.54) is 0 Å². The fraction of sp³-hybridized carbons (Fsp3) is 0.346. The number of aromatic amines is 1. The molecule has 0 saturated carbocycles. The minimum atomic E-state index is -0.975. The first-order valence-electron chi connectivity index (χ1n) is 11.5. The van der Waals surface area contributed by atoms with Gasteiger partial charge in [-0.3, -0.25) is 0 Å². The molecule has 9 heteroatoms. The summed E-state index contributed by atoms with van der Waals surface area (Å²) in [5.41, 5.74) is 4.12. The van der Waals surface area contributed by atoms with Crippen LogP contribution in [0.5, 0.6) is 0 Å². The molecule has 1 N–H and O–H groups in total. The van der Waals surface area contributed by atoms with Crippen molar-refractivity contribution in [1.29, 1.82) is 0 Å². The van der Waals surface area contributed by atoms with Gasteiger partial charge in [0.25, 0.3) is 0 Å². The molecule has 4 rings (SSSR count). The van der Waals surface area contributed by atoms with Crippen molar-refractivity contribution < 1.29 is 9.47 Å².